The fourth-order valence-corrected chi connectivity index (χ4v) is 4.54. The average Bonchev–Trinajstić information content (AvgIpc) is 2.82. The molecule has 33 heavy (non-hydrogen) atoms. The van der Waals surface area contributed by atoms with Gasteiger partial charge >= 0.3 is 8.60 Å². The molecule has 1 atom stereocenters. The fourth-order valence-electron chi connectivity index (χ4n) is 3.90. The maximum absolute atomic E-state index is 9.98. The van der Waals surface area contributed by atoms with Crippen molar-refractivity contribution in [1.29, 1.82) is 0 Å². The summed E-state index contributed by atoms with van der Waals surface area (Å²) in [5, 5.41) is 0. The predicted octanol–water partition coefficient (Wildman–Crippen LogP) is 10.1. The molecule has 0 aromatic heterocycles. The van der Waals surface area contributed by atoms with Gasteiger partial charge in [0.25, 0.3) is 0 Å². The molecule has 4 heteroatoms. The normalized spacial score (nSPS) is 12.5. The van der Waals surface area contributed by atoms with Gasteiger partial charge in [0.15, 0.2) is 0 Å². The van der Waals surface area contributed by atoms with E-state index in [2.05, 4.69) is 38.1 Å². The second-order valence-electron chi connectivity index (χ2n) is 9.20. The molecule has 0 aliphatic rings. The van der Waals surface area contributed by atoms with E-state index in [-0.39, 0.29) is 0 Å². The van der Waals surface area contributed by atoms with E-state index in [0.29, 0.717) is 12.4 Å². The van der Waals surface area contributed by atoms with Crippen molar-refractivity contribution >= 4 is 8.60 Å². The average molecular weight is 479 g/mol. The van der Waals surface area contributed by atoms with E-state index >= 15 is 0 Å². The molecule has 0 amide bonds. The SMILES string of the molecule is CCCCCCCC/C=C\CCCCCCCCOP(O)Oc1ccc(CCCCC)cc1. The molecule has 0 aliphatic heterocycles. The lowest BCUT2D eigenvalue weighted by Crippen LogP contribution is -1.95. The lowest BCUT2D eigenvalue weighted by molar-refractivity contribution is 0.253. The third kappa shape index (κ3) is 19.1. The van der Waals surface area contributed by atoms with Gasteiger partial charge in [-0.25, -0.2) is 0 Å². The molecule has 0 fully saturated rings. The Bertz CT molecular complexity index is 558. The molecule has 1 aromatic carbocycles. The van der Waals surface area contributed by atoms with E-state index in [1.54, 1.807) is 0 Å². The highest BCUT2D eigenvalue weighted by atomic mass is 31.2. The number of allylic oxidation sites excluding steroid dienone is 2. The summed E-state index contributed by atoms with van der Waals surface area (Å²) in [5.74, 6) is 0.684. The molecule has 1 N–H and O–H groups in total. The molecule has 0 radical (unpaired) electrons. The van der Waals surface area contributed by atoms with E-state index < -0.39 is 8.60 Å². The zero-order valence-electron chi connectivity index (χ0n) is 21.6. The minimum absolute atomic E-state index is 0.568. The Morgan fingerprint density at radius 3 is 1.79 bits per heavy atom. The topological polar surface area (TPSA) is 38.7 Å². The van der Waals surface area contributed by atoms with Crippen molar-refractivity contribution in [3.8, 4) is 5.75 Å². The molecule has 0 heterocycles. The van der Waals surface area contributed by atoms with Gasteiger partial charge in [-0.2, -0.15) is 0 Å². The van der Waals surface area contributed by atoms with E-state index in [0.717, 1.165) is 19.3 Å². The molecule has 1 unspecified atom stereocenters. The molecule has 1 aromatic rings. The summed E-state index contributed by atoms with van der Waals surface area (Å²) in [6.45, 7) is 5.06. The third-order valence-corrected chi connectivity index (χ3v) is 6.80. The monoisotopic (exact) mass is 478 g/mol. The highest BCUT2D eigenvalue weighted by molar-refractivity contribution is 7.41. The highest BCUT2D eigenvalue weighted by Crippen LogP contribution is 2.35. The van der Waals surface area contributed by atoms with Gasteiger partial charge in [-0.1, -0.05) is 109 Å². The van der Waals surface area contributed by atoms with E-state index in [9.17, 15) is 4.89 Å². The van der Waals surface area contributed by atoms with Crippen LogP contribution in [0.15, 0.2) is 36.4 Å². The molecule has 0 saturated heterocycles. The minimum Gasteiger partial charge on any atom is -0.427 e. The summed E-state index contributed by atoms with van der Waals surface area (Å²) >= 11 is 0. The number of hydrogen-bond acceptors (Lipinski definition) is 3. The summed E-state index contributed by atoms with van der Waals surface area (Å²) in [4.78, 5) is 9.98. The van der Waals surface area contributed by atoms with Crippen LogP contribution in [0.2, 0.25) is 0 Å². The van der Waals surface area contributed by atoms with Gasteiger partial charge in [-0.05, 0) is 62.6 Å². The maximum Gasteiger partial charge on any atom is 0.394 e. The predicted molar refractivity (Wildman–Crippen MR) is 145 cm³/mol. The minimum atomic E-state index is -1.83. The number of rotatable bonds is 23. The van der Waals surface area contributed by atoms with Gasteiger partial charge in [-0.3, -0.25) is 0 Å². The van der Waals surface area contributed by atoms with E-state index in [1.807, 2.05) is 12.1 Å². The number of aryl methyl sites for hydroxylation is 1. The maximum atomic E-state index is 9.98. The first-order valence-electron chi connectivity index (χ1n) is 13.8. The van der Waals surface area contributed by atoms with Crippen molar-refractivity contribution in [2.75, 3.05) is 6.61 Å². The molecule has 0 spiro atoms. The largest absolute Gasteiger partial charge is 0.427 e. The first kappa shape index (κ1) is 30.1. The Morgan fingerprint density at radius 2 is 1.18 bits per heavy atom. The van der Waals surface area contributed by atoms with Crippen LogP contribution in [0, 0.1) is 0 Å². The van der Waals surface area contributed by atoms with Crippen molar-refractivity contribution in [2.24, 2.45) is 0 Å². The number of hydrogen-bond donors (Lipinski definition) is 1. The second-order valence-corrected chi connectivity index (χ2v) is 10.1. The first-order chi connectivity index (χ1) is 16.3. The van der Waals surface area contributed by atoms with Crippen LogP contribution in [0.25, 0.3) is 0 Å². The molecular weight excluding hydrogens is 427 g/mol. The zero-order chi connectivity index (χ0) is 23.8. The van der Waals surface area contributed by atoms with Gasteiger partial charge in [-0.15, -0.1) is 0 Å². The summed E-state index contributed by atoms with van der Waals surface area (Å²) in [7, 11) is -1.83. The van der Waals surface area contributed by atoms with Crippen LogP contribution in [0.1, 0.15) is 129 Å². The van der Waals surface area contributed by atoms with Crippen molar-refractivity contribution in [3.05, 3.63) is 42.0 Å². The lowest BCUT2D eigenvalue weighted by atomic mass is 10.1. The van der Waals surface area contributed by atoms with Gasteiger partial charge in [0.1, 0.15) is 5.75 Å². The Labute approximate surface area is 206 Å². The molecule has 0 bridgehead atoms. The van der Waals surface area contributed by atoms with Crippen molar-refractivity contribution in [1.82, 2.24) is 0 Å². The van der Waals surface area contributed by atoms with Crippen LogP contribution in [-0.2, 0) is 10.9 Å². The van der Waals surface area contributed by atoms with Crippen LogP contribution < -0.4 is 4.52 Å². The van der Waals surface area contributed by atoms with Crippen LogP contribution in [0.5, 0.6) is 5.75 Å². The lowest BCUT2D eigenvalue weighted by Gasteiger charge is -2.12. The van der Waals surface area contributed by atoms with Gasteiger partial charge in [0.05, 0.1) is 6.61 Å². The van der Waals surface area contributed by atoms with Crippen molar-refractivity contribution < 1.29 is 13.9 Å². The summed E-state index contributed by atoms with van der Waals surface area (Å²) in [6.07, 6.45) is 27.7. The summed E-state index contributed by atoms with van der Waals surface area (Å²) < 4.78 is 11.0. The Kier molecular flexibility index (Phi) is 20.9. The first-order valence-corrected chi connectivity index (χ1v) is 14.9. The van der Waals surface area contributed by atoms with Crippen molar-refractivity contribution in [3.63, 3.8) is 0 Å². The second kappa shape index (κ2) is 22.9. The van der Waals surface area contributed by atoms with Crippen LogP contribution in [0.3, 0.4) is 0 Å². The van der Waals surface area contributed by atoms with Gasteiger partial charge in [0, 0.05) is 0 Å². The van der Waals surface area contributed by atoms with Gasteiger partial charge in [0.2, 0.25) is 0 Å². The standard InChI is InChI=1S/C29H51O3P/c1-3-5-7-8-9-10-11-12-13-14-15-16-17-18-19-21-27-31-33(30)32-29-25-23-28(24-26-29)22-20-6-4-2/h12-13,23-26,30H,3-11,14-22,27H2,1-2H3/b13-12-. The van der Waals surface area contributed by atoms with Crippen molar-refractivity contribution in [2.45, 2.75) is 129 Å². The zero-order valence-corrected chi connectivity index (χ0v) is 22.5. The number of benzene rings is 1. The summed E-state index contributed by atoms with van der Waals surface area (Å²) in [6, 6.07) is 8.03. The highest BCUT2D eigenvalue weighted by Gasteiger charge is 2.08. The third-order valence-electron chi connectivity index (χ3n) is 6.03. The Balaban J connectivity index is 1.88. The molecule has 190 valence electrons. The number of unbranched alkanes of at least 4 members (excludes halogenated alkanes) is 14. The smallest absolute Gasteiger partial charge is 0.394 e. The quantitative estimate of drug-likeness (QED) is 0.0966. The molecule has 1 rings (SSSR count). The fraction of sp³-hybridized carbons (Fsp3) is 0.724. The molecule has 3 nitrogen and oxygen atoms in total. The molecule has 0 aliphatic carbocycles. The Hall–Kier alpha value is -0.890. The molecule has 0 saturated carbocycles. The van der Waals surface area contributed by atoms with E-state index in [1.165, 1.54) is 102 Å². The van der Waals surface area contributed by atoms with E-state index in [4.69, 9.17) is 9.05 Å². The molecular formula is C29H51O3P. The van der Waals surface area contributed by atoms with Crippen LogP contribution in [-0.4, -0.2) is 11.5 Å². The summed E-state index contributed by atoms with van der Waals surface area (Å²) in [5.41, 5.74) is 1.32. The van der Waals surface area contributed by atoms with Crippen LogP contribution in [0.4, 0.5) is 0 Å². The van der Waals surface area contributed by atoms with Gasteiger partial charge < -0.3 is 13.9 Å². The van der Waals surface area contributed by atoms with Crippen LogP contribution >= 0.6 is 8.60 Å². The Morgan fingerprint density at radius 1 is 0.667 bits per heavy atom.